The van der Waals surface area contributed by atoms with E-state index >= 15 is 0 Å². The van der Waals surface area contributed by atoms with Crippen LogP contribution in [-0.2, 0) is 0 Å². The van der Waals surface area contributed by atoms with E-state index in [0.29, 0.717) is 16.7 Å². The lowest BCUT2D eigenvalue weighted by atomic mass is 10.5. The number of nitrogens with one attached hydrogen (secondary N) is 1. The van der Waals surface area contributed by atoms with Gasteiger partial charge in [-0.15, -0.1) is 0 Å². The minimum Gasteiger partial charge on any atom is -0.345 e. The van der Waals surface area contributed by atoms with Gasteiger partial charge in [-0.2, -0.15) is 0 Å². The number of rotatable bonds is 2. The number of halogens is 1. The van der Waals surface area contributed by atoms with Gasteiger partial charge in [-0.1, -0.05) is 11.6 Å². The largest absolute Gasteiger partial charge is 0.345 e. The Balaban J connectivity index is 3.03. The minimum atomic E-state index is 0.470. The van der Waals surface area contributed by atoms with Gasteiger partial charge in [0, 0.05) is 6.20 Å². The van der Waals surface area contributed by atoms with E-state index in [1.807, 2.05) is 0 Å². The maximum absolute atomic E-state index is 5.57. The van der Waals surface area contributed by atoms with E-state index in [1.54, 1.807) is 19.2 Å². The normalized spacial score (nSPS) is 11.6. The highest BCUT2D eigenvalue weighted by atomic mass is 35.5. The summed E-state index contributed by atoms with van der Waals surface area (Å²) in [6.45, 7) is 5.09. The van der Waals surface area contributed by atoms with E-state index in [-0.39, 0.29) is 0 Å². The van der Waals surface area contributed by atoms with Gasteiger partial charge < -0.3 is 4.98 Å². The number of aliphatic imine (C=N–C) groups is 2. The molecule has 1 N–H and O–H groups in total. The SMILES string of the molecule is C=Nc1cc[nH]c1N=C(C)Cl. The maximum atomic E-state index is 5.57. The Kier molecular flexibility index (Phi) is 2.44. The third-order valence-corrected chi connectivity index (χ3v) is 1.22. The zero-order valence-corrected chi connectivity index (χ0v) is 6.89. The van der Waals surface area contributed by atoms with Crippen molar-refractivity contribution in [3.63, 3.8) is 0 Å². The van der Waals surface area contributed by atoms with Crippen LogP contribution in [0.15, 0.2) is 22.2 Å². The molecule has 0 unspecified atom stereocenters. The molecule has 1 rings (SSSR count). The van der Waals surface area contributed by atoms with E-state index in [0.717, 1.165) is 0 Å². The second-order valence-electron chi connectivity index (χ2n) is 1.98. The van der Waals surface area contributed by atoms with Crippen LogP contribution in [0, 0.1) is 0 Å². The Morgan fingerprint density at radius 1 is 1.73 bits per heavy atom. The van der Waals surface area contributed by atoms with Crippen molar-refractivity contribution in [2.45, 2.75) is 6.92 Å². The molecule has 0 saturated carbocycles. The van der Waals surface area contributed by atoms with Crippen LogP contribution in [0.5, 0.6) is 0 Å². The lowest BCUT2D eigenvalue weighted by Crippen LogP contribution is -1.73. The van der Waals surface area contributed by atoms with Gasteiger partial charge in [0.25, 0.3) is 0 Å². The van der Waals surface area contributed by atoms with Gasteiger partial charge in [-0.25, -0.2) is 4.99 Å². The molecule has 0 aliphatic rings. The van der Waals surface area contributed by atoms with E-state index < -0.39 is 0 Å². The van der Waals surface area contributed by atoms with Crippen LogP contribution in [0.1, 0.15) is 6.92 Å². The first-order valence-electron chi connectivity index (χ1n) is 3.09. The predicted octanol–water partition coefficient (Wildman–Crippen LogP) is 2.64. The van der Waals surface area contributed by atoms with Crippen molar-refractivity contribution in [1.29, 1.82) is 0 Å². The summed E-state index contributed by atoms with van der Waals surface area (Å²) in [4.78, 5) is 10.6. The fraction of sp³-hybridized carbons (Fsp3) is 0.143. The second kappa shape index (κ2) is 3.34. The first kappa shape index (κ1) is 8.01. The molecule has 0 aromatic carbocycles. The van der Waals surface area contributed by atoms with Crippen LogP contribution in [0.25, 0.3) is 0 Å². The number of hydrogen-bond acceptors (Lipinski definition) is 2. The molecule has 58 valence electrons. The summed E-state index contributed by atoms with van der Waals surface area (Å²) in [5.74, 6) is 0.646. The monoisotopic (exact) mass is 169 g/mol. The Labute approximate surface area is 69.8 Å². The molecule has 0 saturated heterocycles. The van der Waals surface area contributed by atoms with Crippen molar-refractivity contribution < 1.29 is 0 Å². The topological polar surface area (TPSA) is 40.5 Å². The second-order valence-corrected chi connectivity index (χ2v) is 2.53. The molecular formula is C7H8ClN3. The summed E-state index contributed by atoms with van der Waals surface area (Å²) in [7, 11) is 0. The summed E-state index contributed by atoms with van der Waals surface area (Å²) >= 11 is 5.57. The zero-order valence-electron chi connectivity index (χ0n) is 6.13. The number of nitrogens with zero attached hydrogens (tertiary/aromatic N) is 2. The van der Waals surface area contributed by atoms with Gasteiger partial charge in [-0.3, -0.25) is 4.99 Å². The fourth-order valence-corrected chi connectivity index (χ4v) is 0.808. The standard InChI is InChI=1S/C7H8ClN3/c1-5(8)11-7-6(9-2)3-4-10-7/h3-4,10H,2H2,1H3. The van der Waals surface area contributed by atoms with E-state index in [2.05, 4.69) is 21.7 Å². The molecule has 11 heavy (non-hydrogen) atoms. The maximum Gasteiger partial charge on any atom is 0.157 e. The highest BCUT2D eigenvalue weighted by Crippen LogP contribution is 2.25. The van der Waals surface area contributed by atoms with Crippen molar-refractivity contribution in [1.82, 2.24) is 4.98 Å². The molecule has 0 bridgehead atoms. The lowest BCUT2D eigenvalue weighted by Gasteiger charge is -1.89. The molecule has 0 radical (unpaired) electrons. The molecule has 0 aliphatic heterocycles. The molecule has 3 nitrogen and oxygen atoms in total. The molecule has 0 fully saturated rings. The summed E-state index contributed by atoms with van der Waals surface area (Å²) in [6.07, 6.45) is 1.74. The van der Waals surface area contributed by atoms with E-state index in [1.165, 1.54) is 0 Å². The van der Waals surface area contributed by atoms with Crippen LogP contribution in [-0.4, -0.2) is 16.9 Å². The highest BCUT2D eigenvalue weighted by Gasteiger charge is 1.97. The molecule has 0 amide bonds. The number of hydrogen-bond donors (Lipinski definition) is 1. The van der Waals surface area contributed by atoms with Gasteiger partial charge >= 0.3 is 0 Å². The van der Waals surface area contributed by atoms with Gasteiger partial charge in [0.05, 0.1) is 0 Å². The van der Waals surface area contributed by atoms with Crippen molar-refractivity contribution >= 4 is 35.0 Å². The quantitative estimate of drug-likeness (QED) is 0.662. The molecule has 1 aromatic heterocycles. The van der Waals surface area contributed by atoms with Gasteiger partial charge in [0.1, 0.15) is 10.9 Å². The van der Waals surface area contributed by atoms with Gasteiger partial charge in [0.2, 0.25) is 0 Å². The molecule has 0 atom stereocenters. The molecule has 0 spiro atoms. The Morgan fingerprint density at radius 3 is 3.00 bits per heavy atom. The zero-order chi connectivity index (χ0) is 8.27. The first-order chi connectivity index (χ1) is 5.24. The summed E-state index contributed by atoms with van der Waals surface area (Å²) in [5, 5.41) is 0.470. The Hall–Kier alpha value is -1.09. The Morgan fingerprint density at radius 2 is 2.45 bits per heavy atom. The molecular weight excluding hydrogens is 162 g/mol. The van der Waals surface area contributed by atoms with Crippen LogP contribution in [0.2, 0.25) is 0 Å². The molecule has 1 aromatic rings. The van der Waals surface area contributed by atoms with E-state index in [4.69, 9.17) is 11.6 Å². The van der Waals surface area contributed by atoms with Crippen molar-refractivity contribution in [3.8, 4) is 0 Å². The fourth-order valence-electron chi connectivity index (χ4n) is 0.724. The predicted molar refractivity (Wildman–Crippen MR) is 48.6 cm³/mol. The van der Waals surface area contributed by atoms with Gasteiger partial charge in [0.15, 0.2) is 5.82 Å². The minimum absolute atomic E-state index is 0.470. The van der Waals surface area contributed by atoms with Gasteiger partial charge in [-0.05, 0) is 19.7 Å². The average molecular weight is 170 g/mol. The summed E-state index contributed by atoms with van der Waals surface area (Å²) in [5.41, 5.74) is 0.713. The van der Waals surface area contributed by atoms with Crippen LogP contribution in [0.3, 0.4) is 0 Å². The molecule has 4 heteroatoms. The highest BCUT2D eigenvalue weighted by molar-refractivity contribution is 6.65. The van der Waals surface area contributed by atoms with Crippen molar-refractivity contribution in [2.24, 2.45) is 9.98 Å². The third kappa shape index (κ3) is 1.91. The number of H-pyrrole nitrogens is 1. The summed E-state index contributed by atoms with van der Waals surface area (Å²) < 4.78 is 0. The van der Waals surface area contributed by atoms with Crippen LogP contribution >= 0.6 is 11.6 Å². The van der Waals surface area contributed by atoms with Crippen LogP contribution in [0.4, 0.5) is 11.5 Å². The lowest BCUT2D eigenvalue weighted by molar-refractivity contribution is 1.33. The third-order valence-electron chi connectivity index (χ3n) is 1.14. The molecule has 1 heterocycles. The smallest absolute Gasteiger partial charge is 0.157 e. The van der Waals surface area contributed by atoms with Crippen molar-refractivity contribution in [2.75, 3.05) is 0 Å². The Bertz CT molecular complexity index is 284. The van der Waals surface area contributed by atoms with Crippen molar-refractivity contribution in [3.05, 3.63) is 12.3 Å². The van der Waals surface area contributed by atoms with E-state index in [9.17, 15) is 0 Å². The number of aromatic amines is 1. The summed E-state index contributed by atoms with van der Waals surface area (Å²) in [6, 6.07) is 1.78. The number of aromatic nitrogens is 1. The van der Waals surface area contributed by atoms with Crippen LogP contribution < -0.4 is 0 Å². The average Bonchev–Trinajstić information content (AvgIpc) is 2.34. The first-order valence-corrected chi connectivity index (χ1v) is 3.46. The molecule has 0 aliphatic carbocycles.